The van der Waals surface area contributed by atoms with Crippen molar-refractivity contribution in [2.24, 2.45) is 0 Å². The fraction of sp³-hybridized carbons (Fsp3) is 0.125. The van der Waals surface area contributed by atoms with E-state index in [1.165, 1.54) is 6.33 Å². The average Bonchev–Trinajstić information content (AvgIpc) is 2.67. The van der Waals surface area contributed by atoms with Crippen LogP contribution in [0, 0.1) is 3.57 Å². The van der Waals surface area contributed by atoms with E-state index >= 15 is 0 Å². The van der Waals surface area contributed by atoms with Crippen molar-refractivity contribution >= 4 is 34.2 Å². The predicted octanol–water partition coefficient (Wildman–Crippen LogP) is 0.292. The average molecular weight is 332 g/mol. The summed E-state index contributed by atoms with van der Waals surface area (Å²) >= 11 is 1.93. The number of nitrogens with one attached hydrogen (secondary N) is 3. The van der Waals surface area contributed by atoms with Gasteiger partial charge in [0.25, 0.3) is 5.56 Å². The van der Waals surface area contributed by atoms with Gasteiger partial charge in [-0.15, -0.1) is 0 Å². The Morgan fingerprint density at radius 3 is 3.06 bits per heavy atom. The molecule has 0 amide bonds. The lowest BCUT2D eigenvalue weighted by molar-refractivity contribution is 1.05. The molecule has 0 saturated carbocycles. The minimum Gasteiger partial charge on any atom is -0.384 e. The number of rotatable bonds is 3. The van der Waals surface area contributed by atoms with Gasteiger partial charge in [-0.3, -0.25) is 9.89 Å². The second-order valence-corrected chi connectivity index (χ2v) is 4.14. The van der Waals surface area contributed by atoms with Gasteiger partial charge in [0.1, 0.15) is 15.2 Å². The highest BCUT2D eigenvalue weighted by Crippen LogP contribution is 2.12. The molecular weight excluding hydrogens is 323 g/mol. The van der Waals surface area contributed by atoms with Gasteiger partial charge in [0.05, 0.1) is 12.5 Å². The number of H-pyrrole nitrogens is 2. The van der Waals surface area contributed by atoms with Crippen LogP contribution in [0.25, 0.3) is 0 Å². The molecule has 16 heavy (non-hydrogen) atoms. The summed E-state index contributed by atoms with van der Waals surface area (Å²) in [6.45, 7) is 0.467. The number of hydrogen-bond acceptors (Lipinski definition) is 5. The normalized spacial score (nSPS) is 10.3. The molecule has 0 saturated heterocycles. The zero-order valence-corrected chi connectivity index (χ0v) is 10.3. The first kappa shape index (κ1) is 10.9. The van der Waals surface area contributed by atoms with E-state index in [2.05, 4.69) is 25.5 Å². The number of aromatic amines is 2. The van der Waals surface area contributed by atoms with Gasteiger partial charge in [-0.05, 0) is 22.6 Å². The predicted molar refractivity (Wildman–Crippen MR) is 67.9 cm³/mol. The van der Waals surface area contributed by atoms with Crippen LogP contribution in [-0.4, -0.2) is 20.2 Å². The Bertz CT molecular complexity index is 547. The number of anilines is 2. The summed E-state index contributed by atoms with van der Waals surface area (Å²) in [5.74, 6) is 1.04. The van der Waals surface area contributed by atoms with E-state index in [0.717, 1.165) is 5.56 Å². The van der Waals surface area contributed by atoms with Crippen LogP contribution in [-0.2, 0) is 6.54 Å². The first-order valence-corrected chi connectivity index (χ1v) is 5.51. The summed E-state index contributed by atoms with van der Waals surface area (Å²) in [4.78, 5) is 17.8. The Morgan fingerprint density at radius 2 is 2.38 bits per heavy atom. The highest BCUT2D eigenvalue weighted by Gasteiger charge is 2.06. The Labute approximate surface area is 104 Å². The molecule has 0 aliphatic carbocycles. The third-order valence-corrected chi connectivity index (χ3v) is 2.99. The largest absolute Gasteiger partial charge is 0.384 e. The molecule has 7 nitrogen and oxygen atoms in total. The van der Waals surface area contributed by atoms with Gasteiger partial charge >= 0.3 is 0 Å². The fourth-order valence-electron chi connectivity index (χ4n) is 1.15. The summed E-state index contributed by atoms with van der Waals surface area (Å²) in [7, 11) is 0. The maximum Gasteiger partial charge on any atom is 0.266 e. The number of nitrogens with two attached hydrogens (primary N) is 1. The second-order valence-electron chi connectivity index (χ2n) is 3.06. The zero-order valence-electron chi connectivity index (χ0n) is 8.12. The van der Waals surface area contributed by atoms with Gasteiger partial charge in [-0.1, -0.05) is 0 Å². The van der Waals surface area contributed by atoms with E-state index in [1.54, 1.807) is 6.20 Å². The maximum absolute atomic E-state index is 11.3. The van der Waals surface area contributed by atoms with Gasteiger partial charge in [-0.2, -0.15) is 5.10 Å². The van der Waals surface area contributed by atoms with Crippen molar-refractivity contribution in [2.45, 2.75) is 6.54 Å². The van der Waals surface area contributed by atoms with E-state index in [4.69, 9.17) is 5.73 Å². The van der Waals surface area contributed by atoms with Crippen molar-refractivity contribution in [3.05, 3.63) is 32.0 Å². The SMILES string of the molecule is Nc1[nH]ncc1CNc1nc[nH]c(=O)c1I. The molecule has 0 fully saturated rings. The van der Waals surface area contributed by atoms with E-state index < -0.39 is 0 Å². The first-order valence-electron chi connectivity index (χ1n) is 4.43. The van der Waals surface area contributed by atoms with Crippen LogP contribution < -0.4 is 16.6 Å². The van der Waals surface area contributed by atoms with E-state index in [-0.39, 0.29) is 5.56 Å². The van der Waals surface area contributed by atoms with E-state index in [9.17, 15) is 4.79 Å². The Balaban J connectivity index is 2.14. The molecule has 2 aromatic heterocycles. The molecule has 2 aromatic rings. The van der Waals surface area contributed by atoms with Gasteiger partial charge in [0.15, 0.2) is 0 Å². The summed E-state index contributed by atoms with van der Waals surface area (Å²) < 4.78 is 0.516. The van der Waals surface area contributed by atoms with E-state index in [0.29, 0.717) is 21.8 Å². The molecule has 0 spiro atoms. The van der Waals surface area contributed by atoms with Crippen LogP contribution in [0.3, 0.4) is 0 Å². The Morgan fingerprint density at radius 1 is 1.56 bits per heavy atom. The minimum absolute atomic E-state index is 0.168. The fourth-order valence-corrected chi connectivity index (χ4v) is 1.63. The molecule has 0 aromatic carbocycles. The van der Waals surface area contributed by atoms with Gasteiger partial charge in [0, 0.05) is 12.1 Å². The standard InChI is InChI=1S/C8H9IN6O/c9-5-7(12-3-13-8(5)16)11-1-4-2-14-15-6(4)10/h2-3H,1H2,(H3,10,14,15)(H2,11,12,13,16). The molecule has 0 radical (unpaired) electrons. The number of aromatic nitrogens is 4. The Hall–Kier alpha value is -1.58. The zero-order chi connectivity index (χ0) is 11.5. The monoisotopic (exact) mass is 332 g/mol. The van der Waals surface area contributed by atoms with Crippen molar-refractivity contribution in [1.82, 2.24) is 20.2 Å². The molecule has 0 unspecified atom stereocenters. The third kappa shape index (κ3) is 2.15. The van der Waals surface area contributed by atoms with Crippen molar-refractivity contribution in [3.63, 3.8) is 0 Å². The van der Waals surface area contributed by atoms with Crippen LogP contribution in [0.2, 0.25) is 0 Å². The van der Waals surface area contributed by atoms with Crippen LogP contribution in [0.5, 0.6) is 0 Å². The van der Waals surface area contributed by atoms with Crippen LogP contribution in [0.4, 0.5) is 11.6 Å². The molecule has 2 rings (SSSR count). The topological polar surface area (TPSA) is 112 Å². The lowest BCUT2D eigenvalue weighted by Crippen LogP contribution is -2.14. The molecule has 5 N–H and O–H groups in total. The minimum atomic E-state index is -0.168. The van der Waals surface area contributed by atoms with Gasteiger partial charge in [-0.25, -0.2) is 4.98 Å². The quantitative estimate of drug-likeness (QED) is 0.604. The first-order chi connectivity index (χ1) is 7.68. The highest BCUT2D eigenvalue weighted by molar-refractivity contribution is 14.1. The maximum atomic E-state index is 11.3. The molecule has 0 aliphatic rings. The summed E-state index contributed by atoms with van der Waals surface area (Å²) in [6, 6.07) is 0. The van der Waals surface area contributed by atoms with Crippen molar-refractivity contribution in [2.75, 3.05) is 11.1 Å². The van der Waals surface area contributed by atoms with Crippen molar-refractivity contribution in [1.29, 1.82) is 0 Å². The molecule has 84 valence electrons. The van der Waals surface area contributed by atoms with Crippen LogP contribution >= 0.6 is 22.6 Å². The Kier molecular flexibility index (Phi) is 3.08. The number of nitrogen functional groups attached to an aromatic ring is 1. The molecule has 0 aliphatic heterocycles. The molecular formula is C8H9IN6O. The van der Waals surface area contributed by atoms with Crippen molar-refractivity contribution < 1.29 is 0 Å². The van der Waals surface area contributed by atoms with Crippen molar-refractivity contribution in [3.8, 4) is 0 Å². The molecule has 2 heterocycles. The number of halogens is 1. The third-order valence-electron chi connectivity index (χ3n) is 1.99. The molecule has 0 bridgehead atoms. The second kappa shape index (κ2) is 4.51. The number of hydrogen-bond donors (Lipinski definition) is 4. The summed E-state index contributed by atoms with van der Waals surface area (Å²) in [5.41, 5.74) is 6.29. The lowest BCUT2D eigenvalue weighted by atomic mass is 10.3. The highest BCUT2D eigenvalue weighted by atomic mass is 127. The van der Waals surface area contributed by atoms with E-state index in [1.807, 2.05) is 22.6 Å². The molecule has 8 heteroatoms. The summed E-state index contributed by atoms with van der Waals surface area (Å²) in [6.07, 6.45) is 2.98. The van der Waals surface area contributed by atoms with Gasteiger partial charge < -0.3 is 16.0 Å². The van der Waals surface area contributed by atoms with Crippen LogP contribution in [0.1, 0.15) is 5.56 Å². The van der Waals surface area contributed by atoms with Gasteiger partial charge in [0.2, 0.25) is 0 Å². The molecule has 0 atom stereocenters. The smallest absolute Gasteiger partial charge is 0.266 e. The van der Waals surface area contributed by atoms with Crippen LogP contribution in [0.15, 0.2) is 17.3 Å². The number of nitrogens with zero attached hydrogens (tertiary/aromatic N) is 2. The lowest BCUT2D eigenvalue weighted by Gasteiger charge is -2.05. The summed E-state index contributed by atoms with van der Waals surface area (Å²) in [5, 5.41) is 9.44.